The second kappa shape index (κ2) is 5.29. The third kappa shape index (κ3) is 3.05. The molecule has 2 nitrogen and oxygen atoms in total. The van der Waals surface area contributed by atoms with Gasteiger partial charge < -0.3 is 5.11 Å². The van der Waals surface area contributed by atoms with Crippen molar-refractivity contribution in [2.75, 3.05) is 0 Å². The van der Waals surface area contributed by atoms with E-state index in [-0.39, 0.29) is 12.4 Å². The van der Waals surface area contributed by atoms with Crippen LogP contribution in [0.1, 0.15) is 11.1 Å². The molecule has 2 aromatic rings. The summed E-state index contributed by atoms with van der Waals surface area (Å²) >= 11 is 1.48. The van der Waals surface area contributed by atoms with E-state index in [0.717, 1.165) is 21.0 Å². The molecular formula is C13H12FNOS. The first-order valence-corrected chi connectivity index (χ1v) is 6.00. The quantitative estimate of drug-likeness (QED) is 0.907. The van der Waals surface area contributed by atoms with Crippen molar-refractivity contribution in [3.8, 4) is 0 Å². The Morgan fingerprint density at radius 3 is 2.59 bits per heavy atom. The van der Waals surface area contributed by atoms with Crippen LogP contribution in [0.15, 0.2) is 46.5 Å². The van der Waals surface area contributed by atoms with E-state index >= 15 is 0 Å². The van der Waals surface area contributed by atoms with Gasteiger partial charge in [0.2, 0.25) is 0 Å². The van der Waals surface area contributed by atoms with E-state index in [9.17, 15) is 4.39 Å². The van der Waals surface area contributed by atoms with Crippen LogP contribution >= 0.6 is 11.8 Å². The van der Waals surface area contributed by atoms with Gasteiger partial charge in [-0.1, -0.05) is 11.8 Å². The largest absolute Gasteiger partial charge is 0.392 e. The van der Waals surface area contributed by atoms with Gasteiger partial charge in [0.25, 0.3) is 0 Å². The number of hydrogen-bond acceptors (Lipinski definition) is 3. The van der Waals surface area contributed by atoms with Crippen LogP contribution in [-0.2, 0) is 6.61 Å². The number of aryl methyl sites for hydroxylation is 1. The zero-order valence-electron chi connectivity index (χ0n) is 9.35. The van der Waals surface area contributed by atoms with Gasteiger partial charge in [-0.15, -0.1) is 0 Å². The Bertz CT molecular complexity index is 513. The fourth-order valence-electron chi connectivity index (χ4n) is 1.43. The molecule has 17 heavy (non-hydrogen) atoms. The molecule has 0 aliphatic carbocycles. The number of hydrogen-bond donors (Lipinski definition) is 1. The Hall–Kier alpha value is -1.39. The Morgan fingerprint density at radius 1 is 1.29 bits per heavy atom. The molecule has 0 saturated heterocycles. The highest BCUT2D eigenvalue weighted by Crippen LogP contribution is 2.28. The van der Waals surface area contributed by atoms with E-state index in [1.54, 1.807) is 18.3 Å². The molecule has 0 aliphatic rings. The fraction of sp³-hybridized carbons (Fsp3) is 0.154. The van der Waals surface area contributed by atoms with Crippen molar-refractivity contribution in [1.82, 2.24) is 4.98 Å². The Kier molecular flexibility index (Phi) is 3.76. The van der Waals surface area contributed by atoms with Gasteiger partial charge in [-0.2, -0.15) is 0 Å². The molecule has 0 atom stereocenters. The molecule has 0 saturated carbocycles. The molecule has 0 aliphatic heterocycles. The molecule has 0 bridgehead atoms. The highest BCUT2D eigenvalue weighted by atomic mass is 32.2. The number of benzene rings is 1. The first-order chi connectivity index (χ1) is 8.19. The summed E-state index contributed by atoms with van der Waals surface area (Å²) in [4.78, 5) is 5.22. The van der Waals surface area contributed by atoms with Gasteiger partial charge >= 0.3 is 0 Å². The van der Waals surface area contributed by atoms with Gasteiger partial charge in [0, 0.05) is 11.1 Å². The topological polar surface area (TPSA) is 33.1 Å². The number of nitrogens with zero attached hydrogens (tertiary/aromatic N) is 1. The number of aliphatic hydroxyl groups excluding tert-OH is 1. The second-order valence-corrected chi connectivity index (χ2v) is 4.74. The fourth-order valence-corrected chi connectivity index (χ4v) is 2.25. The van der Waals surface area contributed by atoms with Crippen LogP contribution < -0.4 is 0 Å². The third-order valence-electron chi connectivity index (χ3n) is 2.30. The summed E-state index contributed by atoms with van der Waals surface area (Å²) in [6, 6.07) is 8.21. The minimum atomic E-state index is -0.241. The molecule has 1 aromatic heterocycles. The van der Waals surface area contributed by atoms with Crippen molar-refractivity contribution in [2.24, 2.45) is 0 Å². The molecule has 1 N–H and O–H groups in total. The SMILES string of the molecule is Cc1cc(CO)cnc1Sc1ccc(F)cc1. The van der Waals surface area contributed by atoms with E-state index in [1.807, 2.05) is 13.0 Å². The number of aliphatic hydroxyl groups is 1. The van der Waals surface area contributed by atoms with Crippen molar-refractivity contribution >= 4 is 11.8 Å². The lowest BCUT2D eigenvalue weighted by atomic mass is 10.2. The summed E-state index contributed by atoms with van der Waals surface area (Å²) in [5.41, 5.74) is 1.80. The molecule has 0 unspecified atom stereocenters. The van der Waals surface area contributed by atoms with Crippen molar-refractivity contribution in [3.63, 3.8) is 0 Å². The summed E-state index contributed by atoms with van der Waals surface area (Å²) in [6.07, 6.45) is 1.65. The van der Waals surface area contributed by atoms with Crippen molar-refractivity contribution in [1.29, 1.82) is 0 Å². The monoisotopic (exact) mass is 249 g/mol. The highest BCUT2D eigenvalue weighted by Gasteiger charge is 2.04. The summed E-state index contributed by atoms with van der Waals surface area (Å²) in [5, 5.41) is 9.85. The second-order valence-electron chi connectivity index (χ2n) is 3.68. The van der Waals surface area contributed by atoms with Crippen LogP contribution in [0.2, 0.25) is 0 Å². The summed E-state index contributed by atoms with van der Waals surface area (Å²) < 4.78 is 12.8. The van der Waals surface area contributed by atoms with Gasteiger partial charge in [0.15, 0.2) is 0 Å². The molecule has 0 spiro atoms. The zero-order valence-corrected chi connectivity index (χ0v) is 10.2. The first kappa shape index (κ1) is 12.1. The van der Waals surface area contributed by atoms with Crippen LogP contribution in [0.4, 0.5) is 4.39 Å². The van der Waals surface area contributed by atoms with Gasteiger partial charge in [-0.25, -0.2) is 9.37 Å². The molecule has 0 amide bonds. The Morgan fingerprint density at radius 2 is 2.00 bits per heavy atom. The number of rotatable bonds is 3. The molecule has 1 heterocycles. The zero-order chi connectivity index (χ0) is 12.3. The molecule has 1 aromatic carbocycles. The van der Waals surface area contributed by atoms with E-state index in [2.05, 4.69) is 4.98 Å². The molecule has 88 valence electrons. The maximum absolute atomic E-state index is 12.8. The summed E-state index contributed by atoms with van der Waals surface area (Å²) in [5.74, 6) is -0.241. The summed E-state index contributed by atoms with van der Waals surface area (Å²) in [6.45, 7) is 1.94. The van der Waals surface area contributed by atoms with Crippen LogP contribution in [0.5, 0.6) is 0 Å². The first-order valence-electron chi connectivity index (χ1n) is 5.19. The van der Waals surface area contributed by atoms with E-state index in [0.29, 0.717) is 0 Å². The predicted octanol–water partition coefficient (Wildman–Crippen LogP) is 3.17. The summed E-state index contributed by atoms with van der Waals surface area (Å²) in [7, 11) is 0. The Labute approximate surface area is 104 Å². The maximum Gasteiger partial charge on any atom is 0.123 e. The van der Waals surface area contributed by atoms with Crippen LogP contribution in [0.25, 0.3) is 0 Å². The third-order valence-corrected chi connectivity index (χ3v) is 3.43. The normalized spacial score (nSPS) is 10.5. The number of pyridine rings is 1. The highest BCUT2D eigenvalue weighted by molar-refractivity contribution is 7.99. The van der Waals surface area contributed by atoms with Crippen LogP contribution in [-0.4, -0.2) is 10.1 Å². The lowest BCUT2D eigenvalue weighted by Crippen LogP contribution is -1.90. The average Bonchev–Trinajstić information content (AvgIpc) is 2.34. The lowest BCUT2D eigenvalue weighted by Gasteiger charge is -2.06. The van der Waals surface area contributed by atoms with Gasteiger partial charge in [0.1, 0.15) is 10.8 Å². The van der Waals surface area contributed by atoms with Crippen LogP contribution in [0.3, 0.4) is 0 Å². The van der Waals surface area contributed by atoms with E-state index in [4.69, 9.17) is 5.11 Å². The molecule has 4 heteroatoms. The van der Waals surface area contributed by atoms with Crippen molar-refractivity contribution < 1.29 is 9.50 Å². The van der Waals surface area contributed by atoms with Gasteiger partial charge in [0.05, 0.1) is 6.61 Å². The van der Waals surface area contributed by atoms with E-state index in [1.165, 1.54) is 23.9 Å². The van der Waals surface area contributed by atoms with Crippen LogP contribution in [0, 0.1) is 12.7 Å². The van der Waals surface area contributed by atoms with Gasteiger partial charge in [-0.05, 0) is 48.4 Å². The minimum absolute atomic E-state index is 0.00463. The van der Waals surface area contributed by atoms with Gasteiger partial charge in [-0.3, -0.25) is 0 Å². The predicted molar refractivity (Wildman–Crippen MR) is 65.4 cm³/mol. The standard InChI is InChI=1S/C13H12FNOS/c1-9-6-10(8-16)7-15-13(9)17-12-4-2-11(14)3-5-12/h2-7,16H,8H2,1H3. The smallest absolute Gasteiger partial charge is 0.123 e. The van der Waals surface area contributed by atoms with Crippen molar-refractivity contribution in [2.45, 2.75) is 23.5 Å². The number of halogens is 1. The lowest BCUT2D eigenvalue weighted by molar-refractivity contribution is 0.281. The minimum Gasteiger partial charge on any atom is -0.392 e. The molecule has 0 fully saturated rings. The number of aromatic nitrogens is 1. The molecule has 2 rings (SSSR count). The average molecular weight is 249 g/mol. The molecule has 0 radical (unpaired) electrons. The Balaban J connectivity index is 2.21. The maximum atomic E-state index is 12.8. The molecular weight excluding hydrogens is 237 g/mol. The van der Waals surface area contributed by atoms with E-state index < -0.39 is 0 Å². The van der Waals surface area contributed by atoms with Crippen molar-refractivity contribution in [3.05, 3.63) is 53.5 Å².